The average Bonchev–Trinajstić information content (AvgIpc) is 3.17. The van der Waals surface area contributed by atoms with E-state index in [4.69, 9.17) is 10.5 Å². The molecule has 0 bridgehead atoms. The highest BCUT2D eigenvalue weighted by atomic mass is 16.5. The fraction of sp³-hybridized carbons (Fsp3) is 0.125. The van der Waals surface area contributed by atoms with E-state index in [9.17, 15) is 9.59 Å². The molecule has 0 spiro atoms. The first-order chi connectivity index (χ1) is 15.0. The smallest absolute Gasteiger partial charge is 0.253 e. The molecule has 1 aromatic heterocycles. The zero-order chi connectivity index (χ0) is 22.1. The Labute approximate surface area is 179 Å². The summed E-state index contributed by atoms with van der Waals surface area (Å²) in [4.78, 5) is 33.0. The lowest BCUT2D eigenvalue weighted by Gasteiger charge is -2.20. The molecule has 7 nitrogen and oxygen atoms in total. The summed E-state index contributed by atoms with van der Waals surface area (Å²) in [6.45, 7) is 1.88. The van der Waals surface area contributed by atoms with Crippen LogP contribution in [0, 0.1) is 6.92 Å². The Kier molecular flexibility index (Phi) is 5.17. The molecule has 2 amide bonds. The molecule has 0 unspecified atom stereocenters. The number of aromatic amines is 1. The quantitative estimate of drug-likeness (QED) is 0.463. The Morgan fingerprint density at radius 1 is 1.06 bits per heavy atom. The lowest BCUT2D eigenvalue weighted by atomic mass is 9.87. The van der Waals surface area contributed by atoms with Crippen LogP contribution in [0.5, 0.6) is 5.75 Å². The van der Waals surface area contributed by atoms with Crippen LogP contribution in [-0.4, -0.2) is 35.9 Å². The molecule has 0 radical (unpaired) electrons. The fourth-order valence-electron chi connectivity index (χ4n) is 3.89. The third-order valence-corrected chi connectivity index (χ3v) is 5.19. The number of carbonyl (C=O) groups excluding carboxylic acids is 2. The van der Waals surface area contributed by atoms with Gasteiger partial charge in [0, 0.05) is 18.2 Å². The summed E-state index contributed by atoms with van der Waals surface area (Å²) in [6, 6.07) is 17.0. The molecule has 0 aliphatic rings. The van der Waals surface area contributed by atoms with Crippen molar-refractivity contribution in [2.45, 2.75) is 6.92 Å². The van der Waals surface area contributed by atoms with Crippen LogP contribution in [0.2, 0.25) is 0 Å². The number of nitrogens with one attached hydrogen (secondary N) is 2. The van der Waals surface area contributed by atoms with Crippen molar-refractivity contribution in [2.24, 2.45) is 5.73 Å². The second-order valence-electron chi connectivity index (χ2n) is 7.09. The van der Waals surface area contributed by atoms with Crippen LogP contribution in [0.1, 0.15) is 26.5 Å². The van der Waals surface area contributed by atoms with Gasteiger partial charge in [0.25, 0.3) is 11.8 Å². The van der Waals surface area contributed by atoms with Crippen molar-refractivity contribution in [3.63, 3.8) is 0 Å². The second kappa shape index (κ2) is 7.95. The number of ether oxygens (including phenoxy) is 1. The molecule has 1 heterocycles. The molecule has 4 aromatic rings. The number of para-hydroxylation sites is 1. The molecule has 0 fully saturated rings. The van der Waals surface area contributed by atoms with E-state index in [1.54, 1.807) is 6.07 Å². The first-order valence-corrected chi connectivity index (χ1v) is 9.74. The van der Waals surface area contributed by atoms with Gasteiger partial charge in [-0.25, -0.2) is 4.98 Å². The van der Waals surface area contributed by atoms with Crippen LogP contribution in [0.4, 0.5) is 0 Å². The normalized spacial score (nSPS) is 10.8. The van der Waals surface area contributed by atoms with Crippen molar-refractivity contribution in [1.29, 1.82) is 0 Å². The van der Waals surface area contributed by atoms with Crippen LogP contribution < -0.4 is 15.8 Å². The predicted molar refractivity (Wildman–Crippen MR) is 120 cm³/mol. The molecular weight excluding hydrogens is 392 g/mol. The maximum Gasteiger partial charge on any atom is 0.253 e. The van der Waals surface area contributed by atoms with E-state index < -0.39 is 11.8 Å². The number of nitrogens with two attached hydrogens (primary N) is 1. The van der Waals surface area contributed by atoms with E-state index in [0.29, 0.717) is 5.56 Å². The molecule has 0 aliphatic heterocycles. The van der Waals surface area contributed by atoms with Crippen LogP contribution in [-0.2, 0) is 0 Å². The fourth-order valence-corrected chi connectivity index (χ4v) is 3.89. The van der Waals surface area contributed by atoms with E-state index in [0.717, 1.165) is 33.5 Å². The summed E-state index contributed by atoms with van der Waals surface area (Å²) in [5.74, 6) is -0.174. The van der Waals surface area contributed by atoms with Gasteiger partial charge in [-0.15, -0.1) is 0 Å². The predicted octanol–water partition coefficient (Wildman–Crippen LogP) is 3.67. The number of rotatable bonds is 5. The van der Waals surface area contributed by atoms with Gasteiger partial charge in [-0.3, -0.25) is 9.59 Å². The first kappa shape index (κ1) is 20.2. The Hall–Kier alpha value is -4.13. The monoisotopic (exact) mass is 414 g/mol. The van der Waals surface area contributed by atoms with E-state index in [2.05, 4.69) is 15.3 Å². The molecular formula is C24H22N4O3. The Morgan fingerprint density at radius 2 is 1.81 bits per heavy atom. The molecule has 4 N–H and O–H groups in total. The van der Waals surface area contributed by atoms with Gasteiger partial charge in [0.2, 0.25) is 0 Å². The zero-order valence-electron chi connectivity index (χ0n) is 17.4. The number of aryl methyl sites for hydroxylation is 1. The number of imidazole rings is 1. The number of carbonyl (C=O) groups is 2. The summed E-state index contributed by atoms with van der Waals surface area (Å²) < 4.78 is 5.73. The Bertz CT molecular complexity index is 1310. The summed E-state index contributed by atoms with van der Waals surface area (Å²) in [5, 5.41) is 2.58. The molecule has 0 aliphatic carbocycles. The number of hydrogen-bond donors (Lipinski definition) is 3. The van der Waals surface area contributed by atoms with Crippen molar-refractivity contribution in [3.05, 3.63) is 71.5 Å². The van der Waals surface area contributed by atoms with E-state index in [1.807, 2.05) is 55.5 Å². The number of primary amides is 1. The van der Waals surface area contributed by atoms with Gasteiger partial charge < -0.3 is 20.8 Å². The molecule has 156 valence electrons. The van der Waals surface area contributed by atoms with E-state index >= 15 is 0 Å². The van der Waals surface area contributed by atoms with Gasteiger partial charge in [0.1, 0.15) is 11.6 Å². The molecule has 0 saturated heterocycles. The lowest BCUT2D eigenvalue weighted by Crippen LogP contribution is -2.25. The topological polar surface area (TPSA) is 110 Å². The van der Waals surface area contributed by atoms with Gasteiger partial charge in [-0.05, 0) is 30.2 Å². The van der Waals surface area contributed by atoms with Crippen molar-refractivity contribution in [1.82, 2.24) is 15.3 Å². The first-order valence-electron chi connectivity index (χ1n) is 9.74. The number of benzene rings is 3. The van der Waals surface area contributed by atoms with Crippen LogP contribution >= 0.6 is 0 Å². The van der Waals surface area contributed by atoms with Gasteiger partial charge in [0.05, 0.1) is 29.3 Å². The van der Waals surface area contributed by atoms with Crippen molar-refractivity contribution < 1.29 is 14.3 Å². The van der Waals surface area contributed by atoms with Crippen LogP contribution in [0.25, 0.3) is 33.3 Å². The average molecular weight is 414 g/mol. The summed E-state index contributed by atoms with van der Waals surface area (Å²) in [5.41, 5.74) is 10.5. The number of aromatic nitrogens is 2. The van der Waals surface area contributed by atoms with Crippen molar-refractivity contribution in [3.8, 4) is 28.0 Å². The lowest BCUT2D eigenvalue weighted by molar-refractivity contribution is 0.0941. The van der Waals surface area contributed by atoms with Crippen LogP contribution in [0.3, 0.4) is 0 Å². The van der Waals surface area contributed by atoms with Crippen LogP contribution in [0.15, 0.2) is 54.6 Å². The standard InChI is InChI=1S/C24H22N4O3/c1-13-27-18-11-7-10-15(21(18)28-13)19-16(14-8-5-4-6-9-14)12-17(24(30)26-2)20(23(25)29)22(19)31-3/h4-12H,1-3H3,(H2,25,29)(H,26,30)(H,27,28). The van der Waals surface area contributed by atoms with E-state index in [-0.39, 0.29) is 16.9 Å². The molecule has 3 aromatic carbocycles. The second-order valence-corrected chi connectivity index (χ2v) is 7.09. The highest BCUT2D eigenvalue weighted by Crippen LogP contribution is 2.45. The highest BCUT2D eigenvalue weighted by Gasteiger charge is 2.28. The minimum absolute atomic E-state index is 0.0285. The van der Waals surface area contributed by atoms with E-state index in [1.165, 1.54) is 14.2 Å². The number of amides is 2. The number of hydrogen-bond acceptors (Lipinski definition) is 4. The number of nitrogens with zero attached hydrogens (tertiary/aromatic N) is 1. The molecule has 7 heteroatoms. The number of H-pyrrole nitrogens is 1. The van der Waals surface area contributed by atoms with Gasteiger partial charge >= 0.3 is 0 Å². The largest absolute Gasteiger partial charge is 0.495 e. The van der Waals surface area contributed by atoms with Gasteiger partial charge in [-0.1, -0.05) is 42.5 Å². The minimum atomic E-state index is -0.748. The number of methoxy groups -OCH3 is 1. The molecule has 0 saturated carbocycles. The maximum atomic E-state index is 12.7. The zero-order valence-corrected chi connectivity index (χ0v) is 17.4. The maximum absolute atomic E-state index is 12.7. The molecule has 4 rings (SSSR count). The molecule has 0 atom stereocenters. The third-order valence-electron chi connectivity index (χ3n) is 5.19. The summed E-state index contributed by atoms with van der Waals surface area (Å²) >= 11 is 0. The number of fused-ring (bicyclic) bond motifs is 1. The van der Waals surface area contributed by atoms with Crippen molar-refractivity contribution in [2.75, 3.05) is 14.2 Å². The minimum Gasteiger partial charge on any atom is -0.495 e. The summed E-state index contributed by atoms with van der Waals surface area (Å²) in [6.07, 6.45) is 0. The highest BCUT2D eigenvalue weighted by molar-refractivity contribution is 6.13. The van der Waals surface area contributed by atoms with Gasteiger partial charge in [-0.2, -0.15) is 0 Å². The Morgan fingerprint density at radius 3 is 2.45 bits per heavy atom. The van der Waals surface area contributed by atoms with Crippen molar-refractivity contribution >= 4 is 22.8 Å². The van der Waals surface area contributed by atoms with Gasteiger partial charge in [0.15, 0.2) is 0 Å². The molecule has 31 heavy (non-hydrogen) atoms. The SMILES string of the molecule is CNC(=O)c1cc(-c2ccccc2)c(-c2cccc3[nH]c(C)nc23)c(OC)c1C(N)=O. The summed E-state index contributed by atoms with van der Waals surface area (Å²) in [7, 11) is 2.96. The Balaban J connectivity index is 2.20. The third kappa shape index (κ3) is 3.40.